The molecule has 1 amide bonds. The summed E-state index contributed by atoms with van der Waals surface area (Å²) in [5, 5.41) is 0. The normalized spacial score (nSPS) is 24.6. The predicted octanol–water partition coefficient (Wildman–Crippen LogP) is 3.60. The van der Waals surface area contributed by atoms with Gasteiger partial charge in [0.1, 0.15) is 0 Å². The fraction of sp³-hybridized carbons (Fsp3) is 0.682. The molecule has 1 aliphatic carbocycles. The van der Waals surface area contributed by atoms with E-state index in [1.165, 1.54) is 31.2 Å². The summed E-state index contributed by atoms with van der Waals surface area (Å²) in [4.78, 5) is 17.1. The van der Waals surface area contributed by atoms with Gasteiger partial charge in [0.05, 0.1) is 12.7 Å². The Morgan fingerprint density at radius 2 is 1.77 bits per heavy atom. The van der Waals surface area contributed by atoms with Crippen molar-refractivity contribution >= 4 is 5.91 Å². The van der Waals surface area contributed by atoms with Crippen LogP contribution in [0.15, 0.2) is 24.3 Å². The van der Waals surface area contributed by atoms with Gasteiger partial charge in [0.2, 0.25) is 0 Å². The van der Waals surface area contributed by atoms with E-state index in [1.807, 2.05) is 17.0 Å². The first-order chi connectivity index (χ1) is 12.7. The molecular formula is C22H34N2O2. The maximum atomic E-state index is 12.6. The molecule has 144 valence electrons. The minimum atomic E-state index is 0.166. The quantitative estimate of drug-likeness (QED) is 0.779. The highest BCUT2D eigenvalue weighted by atomic mass is 16.5. The summed E-state index contributed by atoms with van der Waals surface area (Å²) in [5.41, 5.74) is 2.09. The molecule has 4 heteroatoms. The van der Waals surface area contributed by atoms with Gasteiger partial charge in [-0.05, 0) is 42.9 Å². The molecule has 0 N–H and O–H groups in total. The van der Waals surface area contributed by atoms with Gasteiger partial charge in [0.15, 0.2) is 0 Å². The van der Waals surface area contributed by atoms with Gasteiger partial charge in [-0.2, -0.15) is 0 Å². The zero-order valence-electron chi connectivity index (χ0n) is 16.5. The van der Waals surface area contributed by atoms with Crippen molar-refractivity contribution in [1.29, 1.82) is 0 Å². The lowest BCUT2D eigenvalue weighted by Gasteiger charge is -2.35. The molecule has 26 heavy (non-hydrogen) atoms. The number of amides is 1. The average Bonchev–Trinajstić information content (AvgIpc) is 2.69. The van der Waals surface area contributed by atoms with Crippen LogP contribution in [-0.4, -0.2) is 61.1 Å². The van der Waals surface area contributed by atoms with Gasteiger partial charge in [-0.15, -0.1) is 0 Å². The number of carbonyl (C=O) groups excluding carboxylic acids is 1. The van der Waals surface area contributed by atoms with Crippen LogP contribution in [0, 0.1) is 5.92 Å². The number of carbonyl (C=O) groups is 1. The summed E-state index contributed by atoms with van der Waals surface area (Å²) < 4.78 is 6.14. The van der Waals surface area contributed by atoms with E-state index < -0.39 is 0 Å². The largest absolute Gasteiger partial charge is 0.377 e. The second kappa shape index (κ2) is 9.52. The van der Waals surface area contributed by atoms with Crippen LogP contribution >= 0.6 is 0 Å². The SMILES string of the molecule is CCc1ccc(C(=O)N2CCN(CCOC3CCCCC3C)CC2)cc1. The molecule has 0 radical (unpaired) electrons. The molecule has 4 nitrogen and oxygen atoms in total. The molecule has 1 aromatic rings. The predicted molar refractivity (Wildman–Crippen MR) is 106 cm³/mol. The number of rotatable bonds is 6. The standard InChI is InChI=1S/C22H34N2O2/c1-3-19-8-10-20(11-9-19)22(25)24-14-12-23(13-15-24)16-17-26-21-7-5-4-6-18(21)2/h8-11,18,21H,3-7,12-17H2,1-2H3. The van der Waals surface area contributed by atoms with Crippen LogP contribution in [-0.2, 0) is 11.2 Å². The molecule has 2 atom stereocenters. The van der Waals surface area contributed by atoms with Crippen molar-refractivity contribution in [1.82, 2.24) is 9.80 Å². The molecule has 1 aromatic carbocycles. The molecule has 0 aromatic heterocycles. The van der Waals surface area contributed by atoms with Gasteiger partial charge >= 0.3 is 0 Å². The van der Waals surface area contributed by atoms with Gasteiger partial charge in [-0.3, -0.25) is 9.69 Å². The summed E-state index contributed by atoms with van der Waals surface area (Å²) >= 11 is 0. The van der Waals surface area contributed by atoms with Crippen LogP contribution in [0.5, 0.6) is 0 Å². The van der Waals surface area contributed by atoms with E-state index in [0.29, 0.717) is 12.0 Å². The molecule has 2 fully saturated rings. The van der Waals surface area contributed by atoms with Gasteiger partial charge < -0.3 is 9.64 Å². The minimum Gasteiger partial charge on any atom is -0.377 e. The van der Waals surface area contributed by atoms with E-state index in [4.69, 9.17) is 4.74 Å². The Hall–Kier alpha value is -1.39. The zero-order chi connectivity index (χ0) is 18.4. The summed E-state index contributed by atoms with van der Waals surface area (Å²) in [6.45, 7) is 9.78. The Morgan fingerprint density at radius 1 is 1.08 bits per heavy atom. The van der Waals surface area contributed by atoms with Crippen molar-refractivity contribution in [3.63, 3.8) is 0 Å². The average molecular weight is 359 g/mol. The fourth-order valence-electron chi connectivity index (χ4n) is 4.10. The summed E-state index contributed by atoms with van der Waals surface area (Å²) in [6, 6.07) is 8.06. The van der Waals surface area contributed by atoms with Crippen LogP contribution in [0.1, 0.15) is 55.5 Å². The highest BCUT2D eigenvalue weighted by Gasteiger charge is 2.24. The first-order valence-electron chi connectivity index (χ1n) is 10.4. The second-order valence-electron chi connectivity index (χ2n) is 7.86. The fourth-order valence-corrected chi connectivity index (χ4v) is 4.10. The van der Waals surface area contributed by atoms with E-state index in [-0.39, 0.29) is 5.91 Å². The lowest BCUT2D eigenvalue weighted by Crippen LogP contribution is -2.49. The number of ether oxygens (including phenoxy) is 1. The monoisotopic (exact) mass is 358 g/mol. The lowest BCUT2D eigenvalue weighted by atomic mass is 9.88. The molecule has 1 heterocycles. The molecule has 0 bridgehead atoms. The van der Waals surface area contributed by atoms with Crippen LogP contribution in [0.4, 0.5) is 0 Å². The summed E-state index contributed by atoms with van der Waals surface area (Å²) in [6.07, 6.45) is 6.67. The molecule has 1 saturated carbocycles. The molecule has 1 aliphatic heterocycles. The smallest absolute Gasteiger partial charge is 0.253 e. The van der Waals surface area contributed by atoms with Crippen molar-refractivity contribution in [2.45, 2.75) is 52.1 Å². The lowest BCUT2D eigenvalue weighted by molar-refractivity contribution is -0.0173. The number of piperazine rings is 1. The third-order valence-electron chi connectivity index (χ3n) is 6.04. The number of nitrogens with zero attached hydrogens (tertiary/aromatic N) is 2. The molecule has 2 unspecified atom stereocenters. The van der Waals surface area contributed by atoms with Crippen LogP contribution in [0.2, 0.25) is 0 Å². The Balaban J connectivity index is 1.38. The van der Waals surface area contributed by atoms with Gasteiger partial charge in [0.25, 0.3) is 5.91 Å². The molecular weight excluding hydrogens is 324 g/mol. The topological polar surface area (TPSA) is 32.8 Å². The van der Waals surface area contributed by atoms with Crippen LogP contribution in [0.25, 0.3) is 0 Å². The summed E-state index contributed by atoms with van der Waals surface area (Å²) in [7, 11) is 0. The Labute approximate surface area is 158 Å². The first kappa shape index (κ1) is 19.4. The van der Waals surface area contributed by atoms with Crippen LogP contribution < -0.4 is 0 Å². The van der Waals surface area contributed by atoms with E-state index in [1.54, 1.807) is 0 Å². The van der Waals surface area contributed by atoms with Crippen LogP contribution in [0.3, 0.4) is 0 Å². The van der Waals surface area contributed by atoms with Crippen molar-refractivity contribution in [3.8, 4) is 0 Å². The number of hydrogen-bond acceptors (Lipinski definition) is 3. The van der Waals surface area contributed by atoms with E-state index in [0.717, 1.165) is 51.3 Å². The van der Waals surface area contributed by atoms with Crippen molar-refractivity contribution in [2.24, 2.45) is 5.92 Å². The Kier molecular flexibility index (Phi) is 7.09. The van der Waals surface area contributed by atoms with Gasteiger partial charge in [-0.1, -0.05) is 38.8 Å². The van der Waals surface area contributed by atoms with E-state index >= 15 is 0 Å². The maximum absolute atomic E-state index is 12.6. The minimum absolute atomic E-state index is 0.166. The maximum Gasteiger partial charge on any atom is 0.253 e. The van der Waals surface area contributed by atoms with Crippen molar-refractivity contribution in [2.75, 3.05) is 39.3 Å². The highest BCUT2D eigenvalue weighted by Crippen LogP contribution is 2.26. The Bertz CT molecular complexity index is 564. The molecule has 1 saturated heterocycles. The van der Waals surface area contributed by atoms with Crippen molar-refractivity contribution < 1.29 is 9.53 Å². The summed E-state index contributed by atoms with van der Waals surface area (Å²) in [5.74, 6) is 0.872. The Morgan fingerprint density at radius 3 is 2.42 bits per heavy atom. The van der Waals surface area contributed by atoms with Crippen molar-refractivity contribution in [3.05, 3.63) is 35.4 Å². The molecule has 2 aliphatic rings. The van der Waals surface area contributed by atoms with Gasteiger partial charge in [0, 0.05) is 38.3 Å². The third kappa shape index (κ3) is 5.08. The van der Waals surface area contributed by atoms with Gasteiger partial charge in [-0.25, -0.2) is 0 Å². The number of benzene rings is 1. The van der Waals surface area contributed by atoms with E-state index in [2.05, 4.69) is 30.9 Å². The molecule has 3 rings (SSSR count). The molecule has 0 spiro atoms. The van der Waals surface area contributed by atoms with E-state index in [9.17, 15) is 4.79 Å². The second-order valence-corrected chi connectivity index (χ2v) is 7.86. The highest BCUT2D eigenvalue weighted by molar-refractivity contribution is 5.94. The number of aryl methyl sites for hydroxylation is 1. The third-order valence-corrected chi connectivity index (χ3v) is 6.04. The number of hydrogen-bond donors (Lipinski definition) is 0. The first-order valence-corrected chi connectivity index (χ1v) is 10.4. The zero-order valence-corrected chi connectivity index (χ0v) is 16.5.